The van der Waals surface area contributed by atoms with Crippen LogP contribution in [0.1, 0.15) is 29.5 Å². The van der Waals surface area contributed by atoms with Gasteiger partial charge in [-0.05, 0) is 41.7 Å². The Hall–Kier alpha value is -2.11. The molecule has 2 aliphatic rings. The largest absolute Gasteiger partial charge is 0.378 e. The summed E-state index contributed by atoms with van der Waals surface area (Å²) in [6.07, 6.45) is 5.36. The van der Waals surface area contributed by atoms with Crippen molar-refractivity contribution in [3.05, 3.63) is 71.8 Å². The van der Waals surface area contributed by atoms with Crippen molar-refractivity contribution in [2.75, 3.05) is 5.32 Å². The molecule has 4 rings (SSSR count). The standard InChI is InChI=1S/C18H18N2O2S/c19-23(21,22)13-9-10-17-16(11-13)14-7-4-8-15(14)18(20-17)12-5-2-1-3-6-12/h1-7,9-11,14-15,18,20H,8H2,(H2,19,21,22)/t14-,15+,18+/m0/s1. The zero-order valence-corrected chi connectivity index (χ0v) is 13.3. The van der Waals surface area contributed by atoms with Crippen molar-refractivity contribution in [1.82, 2.24) is 0 Å². The van der Waals surface area contributed by atoms with Crippen LogP contribution in [-0.4, -0.2) is 8.42 Å². The predicted molar refractivity (Wildman–Crippen MR) is 90.6 cm³/mol. The van der Waals surface area contributed by atoms with E-state index in [1.165, 1.54) is 5.56 Å². The molecule has 118 valence electrons. The molecule has 1 heterocycles. The van der Waals surface area contributed by atoms with E-state index >= 15 is 0 Å². The van der Waals surface area contributed by atoms with Crippen LogP contribution in [0.3, 0.4) is 0 Å². The molecule has 2 aromatic rings. The van der Waals surface area contributed by atoms with Crippen molar-refractivity contribution in [3.8, 4) is 0 Å². The Kier molecular flexibility index (Phi) is 3.28. The van der Waals surface area contributed by atoms with Gasteiger partial charge in [-0.25, -0.2) is 13.6 Å². The topological polar surface area (TPSA) is 72.2 Å². The molecule has 3 atom stereocenters. The van der Waals surface area contributed by atoms with Crippen LogP contribution in [0.5, 0.6) is 0 Å². The Morgan fingerprint density at radius 1 is 1.09 bits per heavy atom. The van der Waals surface area contributed by atoms with E-state index in [0.717, 1.165) is 17.7 Å². The summed E-state index contributed by atoms with van der Waals surface area (Å²) in [5, 5.41) is 8.87. The van der Waals surface area contributed by atoms with E-state index in [-0.39, 0.29) is 16.9 Å². The SMILES string of the molecule is NS(=O)(=O)c1ccc2c(c1)[C@H]1C=CC[C@H]1[C@@H](c1ccccc1)N2. The number of sulfonamides is 1. The molecule has 23 heavy (non-hydrogen) atoms. The molecule has 0 fully saturated rings. The van der Waals surface area contributed by atoms with Gasteiger partial charge in [-0.2, -0.15) is 0 Å². The number of allylic oxidation sites excluding steroid dienone is 2. The molecule has 5 heteroatoms. The number of nitrogens with one attached hydrogen (secondary N) is 1. The monoisotopic (exact) mass is 326 g/mol. The smallest absolute Gasteiger partial charge is 0.238 e. The molecule has 2 aromatic carbocycles. The highest BCUT2D eigenvalue weighted by molar-refractivity contribution is 7.89. The molecule has 0 saturated carbocycles. The van der Waals surface area contributed by atoms with Gasteiger partial charge < -0.3 is 5.32 Å². The van der Waals surface area contributed by atoms with Crippen LogP contribution in [-0.2, 0) is 10.0 Å². The molecular formula is C18H18N2O2S. The first-order valence-electron chi connectivity index (χ1n) is 7.69. The number of anilines is 1. The van der Waals surface area contributed by atoms with Gasteiger partial charge in [0.1, 0.15) is 0 Å². The highest BCUT2D eigenvalue weighted by atomic mass is 32.2. The zero-order chi connectivity index (χ0) is 16.0. The van der Waals surface area contributed by atoms with E-state index in [1.807, 2.05) is 24.3 Å². The fraction of sp³-hybridized carbons (Fsp3) is 0.222. The summed E-state index contributed by atoms with van der Waals surface area (Å²) in [5.74, 6) is 0.610. The lowest BCUT2D eigenvalue weighted by molar-refractivity contribution is 0.425. The second-order valence-corrected chi connectivity index (χ2v) is 7.74. The molecule has 1 aliphatic heterocycles. The first-order chi connectivity index (χ1) is 11.0. The number of hydrogen-bond acceptors (Lipinski definition) is 3. The van der Waals surface area contributed by atoms with Crippen LogP contribution in [0.4, 0.5) is 5.69 Å². The van der Waals surface area contributed by atoms with Crippen LogP contribution in [0.25, 0.3) is 0 Å². The Labute approximate surface area is 136 Å². The van der Waals surface area contributed by atoms with Crippen molar-refractivity contribution in [1.29, 1.82) is 0 Å². The first kappa shape index (κ1) is 14.5. The molecule has 0 amide bonds. The summed E-state index contributed by atoms with van der Waals surface area (Å²) in [6.45, 7) is 0. The second kappa shape index (κ2) is 5.22. The van der Waals surface area contributed by atoms with Crippen molar-refractivity contribution in [2.45, 2.75) is 23.3 Å². The molecule has 0 bridgehead atoms. The van der Waals surface area contributed by atoms with E-state index in [0.29, 0.717) is 5.92 Å². The minimum absolute atomic E-state index is 0.176. The average molecular weight is 326 g/mol. The Balaban J connectivity index is 1.81. The second-order valence-electron chi connectivity index (χ2n) is 6.18. The number of hydrogen-bond donors (Lipinski definition) is 2. The summed E-state index contributed by atoms with van der Waals surface area (Å²) in [5.41, 5.74) is 3.26. The van der Waals surface area contributed by atoms with Gasteiger partial charge in [0, 0.05) is 11.6 Å². The number of nitrogens with two attached hydrogens (primary N) is 1. The predicted octanol–water partition coefficient (Wildman–Crippen LogP) is 3.16. The third kappa shape index (κ3) is 2.46. The van der Waals surface area contributed by atoms with Crippen molar-refractivity contribution in [3.63, 3.8) is 0 Å². The Morgan fingerprint density at radius 2 is 1.87 bits per heavy atom. The number of rotatable bonds is 2. The summed E-state index contributed by atoms with van der Waals surface area (Å²) in [7, 11) is -3.68. The molecule has 0 aromatic heterocycles. The molecule has 0 unspecified atom stereocenters. The molecule has 1 aliphatic carbocycles. The third-order valence-corrected chi connectivity index (χ3v) is 5.73. The van der Waals surface area contributed by atoms with Gasteiger partial charge >= 0.3 is 0 Å². The summed E-state index contributed by atoms with van der Waals surface area (Å²) < 4.78 is 23.3. The van der Waals surface area contributed by atoms with Crippen LogP contribution in [0, 0.1) is 5.92 Å². The van der Waals surface area contributed by atoms with Gasteiger partial charge in [0.25, 0.3) is 0 Å². The fourth-order valence-corrected chi connectivity index (χ4v) is 4.29. The number of primary sulfonamides is 1. The maximum atomic E-state index is 11.6. The lowest BCUT2D eigenvalue weighted by Crippen LogP contribution is -2.29. The lowest BCUT2D eigenvalue weighted by Gasteiger charge is -2.37. The Morgan fingerprint density at radius 3 is 2.61 bits per heavy atom. The first-order valence-corrected chi connectivity index (χ1v) is 9.23. The maximum absolute atomic E-state index is 11.6. The number of benzene rings is 2. The van der Waals surface area contributed by atoms with Crippen molar-refractivity contribution >= 4 is 15.7 Å². The molecule has 3 N–H and O–H groups in total. The van der Waals surface area contributed by atoms with Gasteiger partial charge in [-0.1, -0.05) is 42.5 Å². The third-order valence-electron chi connectivity index (χ3n) is 4.82. The van der Waals surface area contributed by atoms with Crippen LogP contribution >= 0.6 is 0 Å². The quantitative estimate of drug-likeness (QED) is 0.833. The highest BCUT2D eigenvalue weighted by Gasteiger charge is 2.38. The zero-order valence-electron chi connectivity index (χ0n) is 12.5. The van der Waals surface area contributed by atoms with E-state index in [1.54, 1.807) is 12.1 Å². The van der Waals surface area contributed by atoms with Gasteiger partial charge in [-0.15, -0.1) is 0 Å². The minimum Gasteiger partial charge on any atom is -0.378 e. The van der Waals surface area contributed by atoms with Crippen molar-refractivity contribution < 1.29 is 8.42 Å². The minimum atomic E-state index is -3.68. The van der Waals surface area contributed by atoms with Crippen LogP contribution in [0.2, 0.25) is 0 Å². The summed E-state index contributed by atoms with van der Waals surface area (Å²) in [6, 6.07) is 15.7. The van der Waals surface area contributed by atoms with Gasteiger partial charge in [0.15, 0.2) is 0 Å². The summed E-state index contributed by atoms with van der Waals surface area (Å²) in [4.78, 5) is 0.176. The fourth-order valence-electron chi connectivity index (χ4n) is 3.74. The van der Waals surface area contributed by atoms with Crippen LogP contribution < -0.4 is 10.5 Å². The average Bonchev–Trinajstić information content (AvgIpc) is 3.03. The molecule has 4 nitrogen and oxygen atoms in total. The van der Waals surface area contributed by atoms with Gasteiger partial charge in [0.2, 0.25) is 10.0 Å². The molecule has 0 radical (unpaired) electrons. The van der Waals surface area contributed by atoms with E-state index in [9.17, 15) is 8.42 Å². The molecule has 0 spiro atoms. The maximum Gasteiger partial charge on any atom is 0.238 e. The Bertz CT molecular complexity index is 875. The normalized spacial score (nSPS) is 25.5. The van der Waals surface area contributed by atoms with E-state index in [4.69, 9.17) is 5.14 Å². The highest BCUT2D eigenvalue weighted by Crippen LogP contribution is 2.50. The van der Waals surface area contributed by atoms with Crippen LogP contribution in [0.15, 0.2) is 65.6 Å². The van der Waals surface area contributed by atoms with Gasteiger partial charge in [-0.3, -0.25) is 0 Å². The summed E-state index contributed by atoms with van der Waals surface area (Å²) >= 11 is 0. The van der Waals surface area contributed by atoms with E-state index < -0.39 is 10.0 Å². The number of fused-ring (bicyclic) bond motifs is 3. The van der Waals surface area contributed by atoms with Crippen molar-refractivity contribution in [2.24, 2.45) is 11.1 Å². The van der Waals surface area contributed by atoms with E-state index in [2.05, 4.69) is 29.6 Å². The van der Waals surface area contributed by atoms with Gasteiger partial charge in [0.05, 0.1) is 10.9 Å². The molecular weight excluding hydrogens is 308 g/mol. The lowest BCUT2D eigenvalue weighted by atomic mass is 9.77. The molecule has 0 saturated heterocycles.